The highest BCUT2D eigenvalue weighted by molar-refractivity contribution is 7.13. The highest BCUT2D eigenvalue weighted by Gasteiger charge is 2.06. The zero-order valence-electron chi connectivity index (χ0n) is 16.0. The molecule has 1 aromatic heterocycles. The summed E-state index contributed by atoms with van der Waals surface area (Å²) in [6, 6.07) is 16.0. The van der Waals surface area contributed by atoms with Gasteiger partial charge in [0.05, 0.1) is 12.8 Å². The van der Waals surface area contributed by atoms with Crippen molar-refractivity contribution in [3.63, 3.8) is 0 Å². The maximum absolute atomic E-state index is 5.99. The molecule has 0 bridgehead atoms. The summed E-state index contributed by atoms with van der Waals surface area (Å²) >= 11 is 1.45. The predicted octanol–water partition coefficient (Wildman–Crippen LogP) is 3.90. The average Bonchev–Trinajstić information content (AvgIpc) is 3.17. The lowest BCUT2D eigenvalue weighted by molar-refractivity contribution is 0.409. The second-order valence-corrected chi connectivity index (χ2v) is 6.74. The molecule has 2 aromatic carbocycles. The summed E-state index contributed by atoms with van der Waals surface area (Å²) in [5.74, 6) is 1.22. The molecule has 0 fully saturated rings. The van der Waals surface area contributed by atoms with E-state index in [9.17, 15) is 0 Å². The smallest absolute Gasteiger partial charge is 0.212 e. The van der Waals surface area contributed by atoms with Crippen LogP contribution < -0.4 is 21.5 Å². The predicted molar refractivity (Wildman–Crippen MR) is 126 cm³/mol. The van der Waals surface area contributed by atoms with Gasteiger partial charge in [0, 0.05) is 24.0 Å². The number of methoxy groups -OCH3 is 1. The molecular weight excluding hydrogens is 429 g/mol. The first kappa shape index (κ1) is 24.7. The minimum absolute atomic E-state index is 0. The Morgan fingerprint density at radius 1 is 1.17 bits per heavy atom. The van der Waals surface area contributed by atoms with Crippen LogP contribution >= 0.6 is 36.2 Å². The lowest BCUT2D eigenvalue weighted by atomic mass is 10.1. The number of nitrogens with two attached hydrogens (primary N) is 2. The number of halogens is 2. The van der Waals surface area contributed by atoms with E-state index < -0.39 is 0 Å². The largest absolute Gasteiger partial charge is 0.496 e. The fourth-order valence-electron chi connectivity index (χ4n) is 2.68. The molecule has 9 heteroatoms. The first-order chi connectivity index (χ1) is 13.2. The van der Waals surface area contributed by atoms with Gasteiger partial charge in [-0.3, -0.25) is 0 Å². The van der Waals surface area contributed by atoms with Crippen molar-refractivity contribution < 1.29 is 4.74 Å². The first-order valence-electron chi connectivity index (χ1n) is 8.64. The minimum atomic E-state index is 0. The van der Waals surface area contributed by atoms with Gasteiger partial charge in [0.2, 0.25) is 5.13 Å². The van der Waals surface area contributed by atoms with Crippen LogP contribution in [0.25, 0.3) is 11.3 Å². The van der Waals surface area contributed by atoms with E-state index in [1.54, 1.807) is 7.11 Å². The summed E-state index contributed by atoms with van der Waals surface area (Å²) < 4.78 is 5.35. The molecule has 0 radical (unpaired) electrons. The van der Waals surface area contributed by atoms with Crippen molar-refractivity contribution >= 4 is 47.2 Å². The Kier molecular flexibility index (Phi) is 10.5. The van der Waals surface area contributed by atoms with Crippen LogP contribution in [-0.2, 0) is 13.0 Å². The lowest BCUT2D eigenvalue weighted by Gasteiger charge is -2.09. The fraction of sp³-hybridized carbons (Fsp3) is 0.200. The zero-order chi connectivity index (χ0) is 19.1. The van der Waals surface area contributed by atoms with Crippen LogP contribution in [0.5, 0.6) is 5.75 Å². The Bertz CT molecular complexity index is 932. The molecule has 0 saturated heterocycles. The van der Waals surface area contributed by atoms with Gasteiger partial charge in [-0.1, -0.05) is 36.4 Å². The summed E-state index contributed by atoms with van der Waals surface area (Å²) in [7, 11) is 1.67. The van der Waals surface area contributed by atoms with Crippen molar-refractivity contribution in [2.24, 2.45) is 16.5 Å². The summed E-state index contributed by atoms with van der Waals surface area (Å²) in [6.07, 6.45) is 0.787. The Morgan fingerprint density at radius 2 is 1.97 bits per heavy atom. The molecule has 0 aliphatic rings. The number of hydrogen-bond donors (Lipinski definition) is 3. The molecule has 0 aliphatic heterocycles. The molecule has 0 aliphatic carbocycles. The van der Waals surface area contributed by atoms with E-state index in [0.717, 1.165) is 34.6 Å². The molecular formula is C20H25Cl2N5OS. The van der Waals surface area contributed by atoms with Crippen molar-refractivity contribution in [3.8, 4) is 17.0 Å². The third-order valence-electron chi connectivity index (χ3n) is 4.06. The Balaban J connectivity index is 0.00000210. The lowest BCUT2D eigenvalue weighted by Crippen LogP contribution is -2.32. The molecule has 156 valence electrons. The van der Waals surface area contributed by atoms with Crippen LogP contribution in [-0.4, -0.2) is 24.6 Å². The van der Waals surface area contributed by atoms with Crippen molar-refractivity contribution in [3.05, 3.63) is 65.0 Å². The molecule has 1 heterocycles. The third kappa shape index (κ3) is 6.90. The molecule has 3 aromatic rings. The maximum atomic E-state index is 5.99. The van der Waals surface area contributed by atoms with Gasteiger partial charge >= 0.3 is 0 Å². The number of hydrogen-bond acceptors (Lipinski definition) is 5. The molecule has 29 heavy (non-hydrogen) atoms. The quantitative estimate of drug-likeness (QED) is 0.372. The second-order valence-electron chi connectivity index (χ2n) is 5.91. The van der Waals surface area contributed by atoms with Gasteiger partial charge in [0.1, 0.15) is 5.75 Å². The van der Waals surface area contributed by atoms with Gasteiger partial charge < -0.3 is 21.5 Å². The van der Waals surface area contributed by atoms with Gasteiger partial charge in [-0.2, -0.15) is 4.99 Å². The number of guanidine groups is 1. The van der Waals surface area contributed by atoms with Crippen LogP contribution in [0.15, 0.2) is 58.9 Å². The van der Waals surface area contributed by atoms with Gasteiger partial charge in [0.15, 0.2) is 5.96 Å². The SMILES string of the molecule is COc1ccccc1CCN/C(N)=N/c1nc(-c2cccc(CN)c2)cs1.Cl.Cl. The Labute approximate surface area is 187 Å². The normalized spacial score (nSPS) is 10.6. The van der Waals surface area contributed by atoms with Gasteiger partial charge in [-0.25, -0.2) is 4.98 Å². The Hall–Kier alpha value is -2.32. The monoisotopic (exact) mass is 453 g/mol. The fourth-order valence-corrected chi connectivity index (χ4v) is 3.39. The number of benzene rings is 2. The van der Waals surface area contributed by atoms with E-state index in [2.05, 4.69) is 15.3 Å². The van der Waals surface area contributed by atoms with Gasteiger partial charge in [-0.05, 0) is 29.7 Å². The summed E-state index contributed by atoms with van der Waals surface area (Å²) in [6.45, 7) is 1.17. The van der Waals surface area contributed by atoms with Gasteiger partial charge in [0.25, 0.3) is 0 Å². The topological polar surface area (TPSA) is 98.5 Å². The highest BCUT2D eigenvalue weighted by atomic mass is 35.5. The molecule has 6 nitrogen and oxygen atoms in total. The van der Waals surface area contributed by atoms with Crippen molar-refractivity contribution in [1.29, 1.82) is 0 Å². The third-order valence-corrected chi connectivity index (χ3v) is 4.79. The number of rotatable bonds is 7. The highest BCUT2D eigenvalue weighted by Crippen LogP contribution is 2.27. The van der Waals surface area contributed by atoms with E-state index in [4.69, 9.17) is 16.2 Å². The number of ether oxygens (including phenoxy) is 1. The van der Waals surface area contributed by atoms with E-state index >= 15 is 0 Å². The number of nitrogens with one attached hydrogen (secondary N) is 1. The molecule has 0 unspecified atom stereocenters. The van der Waals surface area contributed by atoms with Crippen LogP contribution in [0, 0.1) is 0 Å². The maximum Gasteiger partial charge on any atom is 0.212 e. The number of thiazole rings is 1. The van der Waals surface area contributed by atoms with E-state index in [1.807, 2.05) is 53.9 Å². The van der Waals surface area contributed by atoms with Crippen LogP contribution in [0.2, 0.25) is 0 Å². The number of aromatic nitrogens is 1. The summed E-state index contributed by atoms with van der Waals surface area (Å²) in [4.78, 5) is 8.90. The van der Waals surface area contributed by atoms with Crippen molar-refractivity contribution in [1.82, 2.24) is 10.3 Å². The zero-order valence-corrected chi connectivity index (χ0v) is 18.4. The molecule has 0 atom stereocenters. The molecule has 5 N–H and O–H groups in total. The van der Waals surface area contributed by atoms with E-state index in [0.29, 0.717) is 24.2 Å². The standard InChI is InChI=1S/C20H23N5OS.2ClH/c1-26-18-8-3-2-6-15(18)9-10-23-19(22)25-20-24-17(13-27-20)16-7-4-5-14(11-16)12-21;;/h2-8,11,13H,9-10,12,21H2,1H3,(H3,22,23,24,25);2*1H. The molecule has 0 amide bonds. The van der Waals surface area contributed by atoms with E-state index in [1.165, 1.54) is 11.3 Å². The van der Waals surface area contributed by atoms with Crippen LogP contribution in [0.4, 0.5) is 5.13 Å². The summed E-state index contributed by atoms with van der Waals surface area (Å²) in [5.41, 5.74) is 15.8. The first-order valence-corrected chi connectivity index (χ1v) is 9.52. The molecule has 0 spiro atoms. The van der Waals surface area contributed by atoms with Crippen LogP contribution in [0.1, 0.15) is 11.1 Å². The summed E-state index contributed by atoms with van der Waals surface area (Å²) in [5, 5.41) is 5.71. The van der Waals surface area contributed by atoms with Crippen molar-refractivity contribution in [2.45, 2.75) is 13.0 Å². The number of para-hydroxylation sites is 1. The van der Waals surface area contributed by atoms with Crippen LogP contribution in [0.3, 0.4) is 0 Å². The number of aliphatic imine (C=N–C) groups is 1. The Morgan fingerprint density at radius 3 is 2.72 bits per heavy atom. The molecule has 3 rings (SSSR count). The number of nitrogens with zero attached hydrogens (tertiary/aromatic N) is 2. The molecule has 0 saturated carbocycles. The van der Waals surface area contributed by atoms with Gasteiger partial charge in [-0.15, -0.1) is 36.2 Å². The van der Waals surface area contributed by atoms with Crippen molar-refractivity contribution in [2.75, 3.05) is 13.7 Å². The minimum Gasteiger partial charge on any atom is -0.496 e. The average molecular weight is 454 g/mol. The second kappa shape index (κ2) is 12.3. The van der Waals surface area contributed by atoms with E-state index in [-0.39, 0.29) is 24.8 Å².